The van der Waals surface area contributed by atoms with E-state index in [2.05, 4.69) is 30.2 Å². The summed E-state index contributed by atoms with van der Waals surface area (Å²) in [5.41, 5.74) is 3.75. The van der Waals surface area contributed by atoms with Crippen molar-refractivity contribution < 1.29 is 0 Å². The highest BCUT2D eigenvalue weighted by molar-refractivity contribution is 5.24. The van der Waals surface area contributed by atoms with Crippen LogP contribution < -0.4 is 5.32 Å². The first-order chi connectivity index (χ1) is 7.60. The highest BCUT2D eigenvalue weighted by Gasteiger charge is 2.11. The lowest BCUT2D eigenvalue weighted by molar-refractivity contribution is 0.533. The van der Waals surface area contributed by atoms with Gasteiger partial charge in [-0.1, -0.05) is 0 Å². The van der Waals surface area contributed by atoms with Gasteiger partial charge in [-0.05, 0) is 39.3 Å². The molecule has 0 amide bonds. The molecule has 1 heterocycles. The van der Waals surface area contributed by atoms with E-state index in [4.69, 9.17) is 6.42 Å². The topological polar surface area (TPSA) is 29.9 Å². The first kappa shape index (κ1) is 12.8. The van der Waals surface area contributed by atoms with Crippen molar-refractivity contribution in [3.8, 4) is 12.3 Å². The molecule has 0 aliphatic carbocycles. The summed E-state index contributed by atoms with van der Waals surface area (Å²) in [5.74, 6) is 2.71. The van der Waals surface area contributed by atoms with Gasteiger partial charge >= 0.3 is 0 Å². The van der Waals surface area contributed by atoms with Crippen molar-refractivity contribution in [2.45, 2.75) is 39.2 Å². The third-order valence-corrected chi connectivity index (χ3v) is 3.17. The molecule has 0 aliphatic heterocycles. The molecule has 1 unspecified atom stereocenters. The molecule has 16 heavy (non-hydrogen) atoms. The Balaban J connectivity index is 2.64. The highest BCUT2D eigenvalue weighted by Crippen LogP contribution is 2.15. The fraction of sp³-hybridized carbons (Fsp3) is 0.615. The summed E-state index contributed by atoms with van der Waals surface area (Å²) < 4.78 is 1.94. The average Bonchev–Trinajstić information content (AvgIpc) is 2.49. The Bertz CT molecular complexity index is 385. The Morgan fingerprint density at radius 2 is 2.19 bits per heavy atom. The lowest BCUT2D eigenvalue weighted by atomic mass is 10.0. The van der Waals surface area contributed by atoms with E-state index in [1.807, 2.05) is 18.8 Å². The summed E-state index contributed by atoms with van der Waals surface area (Å²) in [6, 6.07) is 0.406. The summed E-state index contributed by atoms with van der Waals surface area (Å²) in [6.45, 7) is 4.18. The molecule has 3 heteroatoms. The lowest BCUT2D eigenvalue weighted by Crippen LogP contribution is -2.25. The largest absolute Gasteiger partial charge is 0.316 e. The van der Waals surface area contributed by atoms with E-state index in [1.54, 1.807) is 0 Å². The first-order valence-electron chi connectivity index (χ1n) is 5.70. The van der Waals surface area contributed by atoms with Crippen LogP contribution in [-0.4, -0.2) is 22.9 Å². The van der Waals surface area contributed by atoms with Gasteiger partial charge in [0.15, 0.2) is 0 Å². The van der Waals surface area contributed by atoms with Gasteiger partial charge in [0.2, 0.25) is 0 Å². The maximum atomic E-state index is 5.33. The van der Waals surface area contributed by atoms with Crippen molar-refractivity contribution in [2.75, 3.05) is 7.05 Å². The molecule has 1 atom stereocenters. The van der Waals surface area contributed by atoms with Gasteiger partial charge in [0, 0.05) is 25.2 Å². The quantitative estimate of drug-likeness (QED) is 0.762. The molecule has 3 nitrogen and oxygen atoms in total. The van der Waals surface area contributed by atoms with Gasteiger partial charge < -0.3 is 5.32 Å². The fourth-order valence-electron chi connectivity index (χ4n) is 1.99. The van der Waals surface area contributed by atoms with E-state index in [9.17, 15) is 0 Å². The number of hydrogen-bond acceptors (Lipinski definition) is 2. The second-order valence-corrected chi connectivity index (χ2v) is 4.21. The minimum atomic E-state index is 0.406. The van der Waals surface area contributed by atoms with E-state index < -0.39 is 0 Å². The number of hydrogen-bond donors (Lipinski definition) is 1. The van der Waals surface area contributed by atoms with Crippen LogP contribution in [0.1, 0.15) is 29.8 Å². The number of aromatic nitrogens is 2. The maximum Gasteiger partial charge on any atom is 0.0628 e. The predicted octanol–water partition coefficient (Wildman–Crippen LogP) is 1.58. The SMILES string of the molecule is C#CCC(CCc1c(C)nn(C)c1C)NC. The van der Waals surface area contributed by atoms with Crippen LogP contribution in [0.5, 0.6) is 0 Å². The van der Waals surface area contributed by atoms with E-state index in [0.717, 1.165) is 25.0 Å². The Morgan fingerprint density at radius 1 is 1.50 bits per heavy atom. The van der Waals surface area contributed by atoms with Crippen molar-refractivity contribution >= 4 is 0 Å². The molecule has 0 aromatic carbocycles. The van der Waals surface area contributed by atoms with Crippen molar-refractivity contribution in [3.05, 3.63) is 17.0 Å². The standard InChI is InChI=1S/C13H21N3/c1-6-7-12(14-4)8-9-13-10(2)15-16(5)11(13)3/h1,12,14H,7-9H2,2-5H3. The van der Waals surface area contributed by atoms with Gasteiger partial charge in [-0.2, -0.15) is 5.10 Å². The molecular formula is C13H21N3. The van der Waals surface area contributed by atoms with Crippen LogP contribution >= 0.6 is 0 Å². The van der Waals surface area contributed by atoms with Crippen LogP contribution in [0.4, 0.5) is 0 Å². The summed E-state index contributed by atoms with van der Waals surface area (Å²) in [4.78, 5) is 0. The molecule has 88 valence electrons. The summed E-state index contributed by atoms with van der Waals surface area (Å²) in [7, 11) is 3.95. The molecule has 0 saturated heterocycles. The monoisotopic (exact) mass is 219 g/mol. The molecule has 0 fully saturated rings. The van der Waals surface area contributed by atoms with Crippen LogP contribution in [0.25, 0.3) is 0 Å². The smallest absolute Gasteiger partial charge is 0.0628 e. The lowest BCUT2D eigenvalue weighted by Gasteiger charge is -2.12. The van der Waals surface area contributed by atoms with E-state index >= 15 is 0 Å². The molecule has 0 spiro atoms. The normalized spacial score (nSPS) is 12.4. The zero-order valence-corrected chi connectivity index (χ0v) is 10.7. The molecule has 0 bridgehead atoms. The molecule has 1 rings (SSSR count). The zero-order valence-electron chi connectivity index (χ0n) is 10.7. The van der Waals surface area contributed by atoms with Crippen molar-refractivity contribution in [1.29, 1.82) is 0 Å². The molecule has 1 aromatic heterocycles. The van der Waals surface area contributed by atoms with Crippen LogP contribution in [-0.2, 0) is 13.5 Å². The fourth-order valence-corrected chi connectivity index (χ4v) is 1.99. The van der Waals surface area contributed by atoms with Gasteiger partial charge in [0.05, 0.1) is 5.69 Å². The molecule has 0 aliphatic rings. The molecule has 0 saturated carbocycles. The third kappa shape index (κ3) is 2.86. The maximum absolute atomic E-state index is 5.33. The second-order valence-electron chi connectivity index (χ2n) is 4.21. The van der Waals surface area contributed by atoms with E-state index in [0.29, 0.717) is 6.04 Å². The van der Waals surface area contributed by atoms with Gasteiger partial charge in [0.1, 0.15) is 0 Å². The van der Waals surface area contributed by atoms with Gasteiger partial charge in [0.25, 0.3) is 0 Å². The van der Waals surface area contributed by atoms with Gasteiger partial charge in [-0.3, -0.25) is 4.68 Å². The number of aryl methyl sites for hydroxylation is 2. The van der Waals surface area contributed by atoms with Gasteiger partial charge in [-0.25, -0.2) is 0 Å². The van der Waals surface area contributed by atoms with Crippen LogP contribution in [0.3, 0.4) is 0 Å². The summed E-state index contributed by atoms with van der Waals surface area (Å²) in [5, 5.41) is 7.67. The number of nitrogens with one attached hydrogen (secondary N) is 1. The predicted molar refractivity (Wildman–Crippen MR) is 67.3 cm³/mol. The van der Waals surface area contributed by atoms with Crippen molar-refractivity contribution in [2.24, 2.45) is 7.05 Å². The van der Waals surface area contributed by atoms with Crippen molar-refractivity contribution in [1.82, 2.24) is 15.1 Å². The Hall–Kier alpha value is -1.27. The van der Waals surface area contributed by atoms with E-state index in [1.165, 1.54) is 11.3 Å². The summed E-state index contributed by atoms with van der Waals surface area (Å²) in [6.07, 6.45) is 8.22. The highest BCUT2D eigenvalue weighted by atomic mass is 15.3. The number of terminal acetylenes is 1. The second kappa shape index (κ2) is 5.72. The zero-order chi connectivity index (χ0) is 12.1. The van der Waals surface area contributed by atoms with Crippen LogP contribution in [0, 0.1) is 26.2 Å². The summed E-state index contributed by atoms with van der Waals surface area (Å²) >= 11 is 0. The molecule has 1 aromatic rings. The molecule has 0 radical (unpaired) electrons. The van der Waals surface area contributed by atoms with Gasteiger partial charge in [-0.15, -0.1) is 12.3 Å². The molecular weight excluding hydrogens is 198 g/mol. The van der Waals surface area contributed by atoms with Crippen LogP contribution in [0.15, 0.2) is 0 Å². The van der Waals surface area contributed by atoms with E-state index in [-0.39, 0.29) is 0 Å². The Kier molecular flexibility index (Phi) is 4.57. The average molecular weight is 219 g/mol. The number of rotatable bonds is 5. The number of nitrogens with zero attached hydrogens (tertiary/aromatic N) is 2. The van der Waals surface area contributed by atoms with Crippen LogP contribution in [0.2, 0.25) is 0 Å². The van der Waals surface area contributed by atoms with Crippen molar-refractivity contribution in [3.63, 3.8) is 0 Å². The minimum Gasteiger partial charge on any atom is -0.316 e. The third-order valence-electron chi connectivity index (χ3n) is 3.17. The minimum absolute atomic E-state index is 0.406. The Morgan fingerprint density at radius 3 is 2.62 bits per heavy atom. The first-order valence-corrected chi connectivity index (χ1v) is 5.70. The Labute approximate surface area is 98.2 Å². The molecule has 1 N–H and O–H groups in total.